The van der Waals surface area contributed by atoms with Gasteiger partial charge in [0.1, 0.15) is 0 Å². The maximum Gasteiger partial charge on any atom is 0.159 e. The Morgan fingerprint density at radius 2 is 1.93 bits per heavy atom. The second kappa shape index (κ2) is 7.20. The minimum Gasteiger partial charge on any atom is -0.350 e. The van der Waals surface area contributed by atoms with Gasteiger partial charge >= 0.3 is 0 Å². The van der Waals surface area contributed by atoms with Crippen molar-refractivity contribution in [1.29, 1.82) is 0 Å². The molecule has 1 N–H and O–H groups in total. The van der Waals surface area contributed by atoms with E-state index in [1.54, 1.807) is 0 Å². The zero-order valence-electron chi connectivity index (χ0n) is 10.3. The maximum absolute atomic E-state index is 5.48. The first kappa shape index (κ1) is 12.9. The lowest BCUT2D eigenvalue weighted by Crippen LogP contribution is -2.34. The molecule has 1 saturated heterocycles. The van der Waals surface area contributed by atoms with Gasteiger partial charge in [-0.2, -0.15) is 0 Å². The van der Waals surface area contributed by atoms with Crippen LogP contribution in [0.25, 0.3) is 0 Å². The van der Waals surface area contributed by atoms with Gasteiger partial charge in [0.25, 0.3) is 0 Å². The minimum atomic E-state index is 0.0260. The molecule has 0 aromatic carbocycles. The van der Waals surface area contributed by atoms with Crippen molar-refractivity contribution < 1.29 is 9.47 Å². The van der Waals surface area contributed by atoms with Gasteiger partial charge in [-0.3, -0.25) is 0 Å². The van der Waals surface area contributed by atoms with E-state index in [-0.39, 0.29) is 6.29 Å². The third kappa shape index (κ3) is 5.50. The Bertz CT molecular complexity index is 156. The fraction of sp³-hybridized carbons (Fsp3) is 1.00. The Morgan fingerprint density at radius 1 is 1.27 bits per heavy atom. The largest absolute Gasteiger partial charge is 0.350 e. The van der Waals surface area contributed by atoms with Gasteiger partial charge in [0.15, 0.2) is 6.29 Å². The van der Waals surface area contributed by atoms with Crippen LogP contribution in [0.5, 0.6) is 0 Å². The van der Waals surface area contributed by atoms with Gasteiger partial charge in [-0.15, -0.1) is 0 Å². The summed E-state index contributed by atoms with van der Waals surface area (Å²) in [6, 6.07) is 0.535. The van der Waals surface area contributed by atoms with E-state index in [2.05, 4.69) is 26.1 Å². The van der Waals surface area contributed by atoms with Crippen molar-refractivity contribution in [2.24, 2.45) is 5.92 Å². The van der Waals surface area contributed by atoms with Crippen molar-refractivity contribution in [2.75, 3.05) is 19.8 Å². The first-order valence-electron chi connectivity index (χ1n) is 6.19. The summed E-state index contributed by atoms with van der Waals surface area (Å²) in [7, 11) is 0. The summed E-state index contributed by atoms with van der Waals surface area (Å²) in [4.78, 5) is 0. The van der Waals surface area contributed by atoms with Crippen LogP contribution in [0.3, 0.4) is 0 Å². The van der Waals surface area contributed by atoms with Crippen LogP contribution in [0.1, 0.15) is 40.0 Å². The van der Waals surface area contributed by atoms with Crippen molar-refractivity contribution in [1.82, 2.24) is 5.32 Å². The topological polar surface area (TPSA) is 30.5 Å². The first-order chi connectivity index (χ1) is 7.22. The van der Waals surface area contributed by atoms with E-state index in [1.165, 1.54) is 12.8 Å². The molecule has 1 aliphatic heterocycles. The second-order valence-corrected chi connectivity index (χ2v) is 4.69. The zero-order valence-corrected chi connectivity index (χ0v) is 10.3. The molecule has 1 aliphatic rings. The van der Waals surface area contributed by atoms with Crippen LogP contribution in [0.4, 0.5) is 0 Å². The van der Waals surface area contributed by atoms with Crippen LogP contribution < -0.4 is 5.32 Å². The molecule has 0 aromatic heterocycles. The van der Waals surface area contributed by atoms with Gasteiger partial charge in [0.05, 0.1) is 13.2 Å². The summed E-state index contributed by atoms with van der Waals surface area (Å²) in [6.07, 6.45) is 3.39. The maximum atomic E-state index is 5.48. The van der Waals surface area contributed by atoms with Gasteiger partial charge in [0, 0.05) is 12.5 Å². The molecular formula is C12H25NO2. The lowest BCUT2D eigenvalue weighted by atomic mass is 10.0. The summed E-state index contributed by atoms with van der Waals surface area (Å²) in [5.41, 5.74) is 0. The van der Waals surface area contributed by atoms with Crippen LogP contribution in [0.2, 0.25) is 0 Å². The molecule has 15 heavy (non-hydrogen) atoms. The van der Waals surface area contributed by atoms with Crippen molar-refractivity contribution in [3.63, 3.8) is 0 Å². The molecule has 3 nitrogen and oxygen atoms in total. The first-order valence-corrected chi connectivity index (χ1v) is 6.19. The molecular weight excluding hydrogens is 190 g/mol. The molecule has 1 rings (SSSR count). The number of rotatable bonds is 7. The Morgan fingerprint density at radius 3 is 2.47 bits per heavy atom. The second-order valence-electron chi connectivity index (χ2n) is 4.69. The number of hydrogen-bond donors (Lipinski definition) is 1. The highest BCUT2D eigenvalue weighted by Crippen LogP contribution is 2.15. The predicted molar refractivity (Wildman–Crippen MR) is 61.8 cm³/mol. The van der Waals surface area contributed by atoms with Crippen LogP contribution in [0.15, 0.2) is 0 Å². The van der Waals surface area contributed by atoms with Gasteiger partial charge in [0.2, 0.25) is 0 Å². The highest BCUT2D eigenvalue weighted by atomic mass is 16.7. The Balaban J connectivity index is 2.26. The molecule has 0 aliphatic carbocycles. The quantitative estimate of drug-likeness (QED) is 0.706. The van der Waals surface area contributed by atoms with E-state index >= 15 is 0 Å². The van der Waals surface area contributed by atoms with E-state index < -0.39 is 0 Å². The van der Waals surface area contributed by atoms with Crippen molar-refractivity contribution >= 4 is 0 Å². The number of hydrogen-bond acceptors (Lipinski definition) is 3. The zero-order chi connectivity index (χ0) is 11.1. The molecule has 90 valence electrons. The van der Waals surface area contributed by atoms with Gasteiger partial charge in [-0.1, -0.05) is 20.8 Å². The molecule has 0 bridgehead atoms. The van der Waals surface area contributed by atoms with Crippen molar-refractivity contribution in [2.45, 2.75) is 52.4 Å². The molecule has 0 spiro atoms. The summed E-state index contributed by atoms with van der Waals surface area (Å²) in [5.74, 6) is 0.723. The molecule has 1 unspecified atom stereocenters. The van der Waals surface area contributed by atoms with Gasteiger partial charge in [-0.05, 0) is 25.3 Å². The molecule has 0 amide bonds. The van der Waals surface area contributed by atoms with E-state index in [1.807, 2.05) is 0 Å². The molecule has 3 heteroatoms. The third-order valence-corrected chi connectivity index (χ3v) is 2.61. The lowest BCUT2D eigenvalue weighted by molar-refractivity contribution is -0.0537. The number of ether oxygens (including phenoxy) is 2. The average molecular weight is 215 g/mol. The third-order valence-electron chi connectivity index (χ3n) is 2.61. The number of nitrogens with one attached hydrogen (secondary N) is 1. The fourth-order valence-electron chi connectivity index (χ4n) is 1.96. The Labute approximate surface area is 93.5 Å². The van der Waals surface area contributed by atoms with Crippen LogP contribution in [-0.4, -0.2) is 32.1 Å². The van der Waals surface area contributed by atoms with E-state index in [9.17, 15) is 0 Å². The fourth-order valence-corrected chi connectivity index (χ4v) is 1.96. The van der Waals surface area contributed by atoms with Crippen molar-refractivity contribution in [3.05, 3.63) is 0 Å². The molecule has 1 fully saturated rings. The minimum absolute atomic E-state index is 0.0260. The predicted octanol–water partition coefficient (Wildman–Crippen LogP) is 2.16. The normalized spacial score (nSPS) is 20.0. The Hall–Kier alpha value is -0.120. The van der Waals surface area contributed by atoms with Gasteiger partial charge < -0.3 is 14.8 Å². The SMILES string of the molecule is CCCNC(CC(C)C)CC1OCCO1. The lowest BCUT2D eigenvalue weighted by Gasteiger charge is -2.22. The summed E-state index contributed by atoms with van der Waals surface area (Å²) in [5, 5.41) is 3.57. The van der Waals surface area contributed by atoms with Crippen LogP contribution in [-0.2, 0) is 9.47 Å². The van der Waals surface area contributed by atoms with E-state index in [0.717, 1.165) is 32.1 Å². The Kier molecular flexibility index (Phi) is 6.22. The smallest absolute Gasteiger partial charge is 0.159 e. The van der Waals surface area contributed by atoms with Crippen LogP contribution in [0, 0.1) is 5.92 Å². The molecule has 0 saturated carbocycles. The standard InChI is InChI=1S/C12H25NO2/c1-4-5-13-11(8-10(2)3)9-12-14-6-7-15-12/h10-13H,4-9H2,1-3H3. The molecule has 1 atom stereocenters. The summed E-state index contributed by atoms with van der Waals surface area (Å²) in [6.45, 7) is 9.32. The molecule has 0 aromatic rings. The monoisotopic (exact) mass is 215 g/mol. The average Bonchev–Trinajstić information content (AvgIpc) is 2.66. The van der Waals surface area contributed by atoms with Crippen LogP contribution >= 0.6 is 0 Å². The highest BCUT2D eigenvalue weighted by molar-refractivity contribution is 4.71. The summed E-state index contributed by atoms with van der Waals surface area (Å²) < 4.78 is 11.0. The van der Waals surface area contributed by atoms with E-state index in [4.69, 9.17) is 9.47 Å². The summed E-state index contributed by atoms with van der Waals surface area (Å²) >= 11 is 0. The molecule has 0 radical (unpaired) electrons. The van der Waals surface area contributed by atoms with E-state index in [0.29, 0.717) is 6.04 Å². The van der Waals surface area contributed by atoms with Crippen molar-refractivity contribution in [3.8, 4) is 0 Å². The highest BCUT2D eigenvalue weighted by Gasteiger charge is 2.21. The van der Waals surface area contributed by atoms with Gasteiger partial charge in [-0.25, -0.2) is 0 Å². The molecule has 1 heterocycles.